The topological polar surface area (TPSA) is 88.9 Å². The van der Waals surface area contributed by atoms with Crippen LogP contribution in [-0.2, 0) is 14.9 Å². The smallest absolute Gasteiger partial charge is 0.312 e. The molecule has 1 aliphatic heterocycles. The second-order valence-electron chi connectivity index (χ2n) is 4.87. The molecule has 0 saturated heterocycles. The molecule has 8 heteroatoms. The lowest BCUT2D eigenvalue weighted by Gasteiger charge is -2.18. The van der Waals surface area contributed by atoms with E-state index in [0.717, 1.165) is 0 Å². The fraction of sp³-hybridized carbons (Fsp3) is 0.455. The van der Waals surface area contributed by atoms with E-state index < -0.39 is 20.7 Å². The molecule has 0 unspecified atom stereocenters. The van der Waals surface area contributed by atoms with Crippen LogP contribution < -0.4 is 0 Å². The fourth-order valence-electron chi connectivity index (χ4n) is 1.64. The highest BCUT2D eigenvalue weighted by Crippen LogP contribution is 2.27. The Morgan fingerprint density at radius 1 is 1.47 bits per heavy atom. The van der Waals surface area contributed by atoms with Gasteiger partial charge in [-0.15, -0.1) is 0 Å². The van der Waals surface area contributed by atoms with Crippen molar-refractivity contribution >= 4 is 27.6 Å². The van der Waals surface area contributed by atoms with E-state index in [9.17, 15) is 13.0 Å². The van der Waals surface area contributed by atoms with E-state index in [1.807, 2.05) is 13.8 Å². The number of pyridine rings is 1. The van der Waals surface area contributed by atoms with Gasteiger partial charge in [0.2, 0.25) is 5.90 Å². The lowest BCUT2D eigenvalue weighted by atomic mass is 10.1. The lowest BCUT2D eigenvalue weighted by Crippen LogP contribution is -2.25. The van der Waals surface area contributed by atoms with Crippen LogP contribution in [0.2, 0.25) is 5.02 Å². The summed E-state index contributed by atoms with van der Waals surface area (Å²) in [5.41, 5.74) is -0.150. The minimum absolute atomic E-state index is 0.0728. The average molecular weight is 305 g/mol. The summed E-state index contributed by atoms with van der Waals surface area (Å²) < 4.78 is 37.5. The first-order chi connectivity index (χ1) is 8.60. The van der Waals surface area contributed by atoms with Crippen LogP contribution in [0.25, 0.3) is 0 Å². The quantitative estimate of drug-likeness (QED) is 0.842. The molecular formula is C11H13ClN2O4S. The minimum Gasteiger partial charge on any atom is -0.469 e. The number of aliphatic imine (C=N–C) groups is 1. The molecule has 0 aliphatic carbocycles. The Morgan fingerprint density at radius 2 is 2.11 bits per heavy atom. The van der Waals surface area contributed by atoms with Crippen molar-refractivity contribution in [2.45, 2.75) is 31.4 Å². The van der Waals surface area contributed by atoms with E-state index in [4.69, 9.17) is 16.3 Å². The number of aryl methyl sites for hydroxylation is 1. The highest BCUT2D eigenvalue weighted by molar-refractivity contribution is 7.85. The van der Waals surface area contributed by atoms with Crippen molar-refractivity contribution in [3.63, 3.8) is 0 Å². The van der Waals surface area contributed by atoms with Crippen LogP contribution in [0.5, 0.6) is 0 Å². The molecule has 0 atom stereocenters. The highest BCUT2D eigenvalue weighted by Gasteiger charge is 2.32. The van der Waals surface area contributed by atoms with Gasteiger partial charge < -0.3 is 4.74 Å². The van der Waals surface area contributed by atoms with Gasteiger partial charge in [-0.05, 0) is 26.8 Å². The molecule has 19 heavy (non-hydrogen) atoms. The summed E-state index contributed by atoms with van der Waals surface area (Å²) >= 11 is 5.94. The Kier molecular flexibility index (Phi) is 3.32. The maximum absolute atomic E-state index is 11.4. The first-order valence-corrected chi connectivity index (χ1v) is 7.30. The summed E-state index contributed by atoms with van der Waals surface area (Å²) in [5.74, 6) is 0.118. The maximum atomic E-state index is 11.4. The van der Waals surface area contributed by atoms with Gasteiger partial charge in [0.15, 0.2) is 5.03 Å². The normalized spacial score (nSPS) is 18.1. The van der Waals surface area contributed by atoms with Crippen LogP contribution in [0, 0.1) is 6.92 Å². The first kappa shape index (κ1) is 14.2. The van der Waals surface area contributed by atoms with Crippen LogP contribution in [0.3, 0.4) is 0 Å². The summed E-state index contributed by atoms with van der Waals surface area (Å²) in [4.78, 5) is 7.93. The van der Waals surface area contributed by atoms with Crippen LogP contribution in [0.4, 0.5) is 0 Å². The molecule has 1 aliphatic rings. The molecule has 1 aromatic rings. The second kappa shape index (κ2) is 4.43. The van der Waals surface area contributed by atoms with E-state index in [0.29, 0.717) is 12.2 Å². The molecule has 1 aromatic heterocycles. The van der Waals surface area contributed by atoms with Crippen molar-refractivity contribution in [3.05, 3.63) is 22.3 Å². The molecule has 0 bridgehead atoms. The summed E-state index contributed by atoms with van der Waals surface area (Å²) in [5, 5.41) is -0.218. The molecule has 0 aromatic carbocycles. The predicted octanol–water partition coefficient (Wildman–Crippen LogP) is 1.85. The van der Waals surface area contributed by atoms with Crippen LogP contribution >= 0.6 is 11.6 Å². The summed E-state index contributed by atoms with van der Waals surface area (Å²) in [6, 6.07) is 1.38. The summed E-state index contributed by atoms with van der Waals surface area (Å²) in [6.07, 6.45) is 0. The van der Waals surface area contributed by atoms with Crippen molar-refractivity contribution in [2.24, 2.45) is 4.99 Å². The third-order valence-electron chi connectivity index (χ3n) is 2.57. The largest absolute Gasteiger partial charge is 0.469 e. The van der Waals surface area contributed by atoms with Gasteiger partial charge in [-0.3, -0.25) is 4.55 Å². The fourth-order valence-corrected chi connectivity index (χ4v) is 2.47. The first-order valence-electron chi connectivity index (χ1n) is 5.49. The Balaban J connectivity index is 2.61. The van der Waals surface area contributed by atoms with Gasteiger partial charge in [-0.2, -0.15) is 8.42 Å². The van der Waals surface area contributed by atoms with Gasteiger partial charge in [-0.25, -0.2) is 9.98 Å². The van der Waals surface area contributed by atoms with Crippen molar-refractivity contribution in [3.8, 4) is 0 Å². The van der Waals surface area contributed by atoms with Crippen molar-refractivity contribution < 1.29 is 17.7 Å². The van der Waals surface area contributed by atoms with Crippen LogP contribution in [0.1, 0.15) is 25.1 Å². The Morgan fingerprint density at radius 3 is 2.58 bits per heavy atom. The van der Waals surface area contributed by atoms with Gasteiger partial charge in [0.05, 0.1) is 22.8 Å². The molecule has 0 fully saturated rings. The van der Waals surface area contributed by atoms with Gasteiger partial charge in [0.1, 0.15) is 5.60 Å². The predicted molar refractivity (Wildman–Crippen MR) is 70.4 cm³/mol. The van der Waals surface area contributed by atoms with Crippen molar-refractivity contribution in [1.82, 2.24) is 4.98 Å². The monoisotopic (exact) mass is 304 g/mol. The number of aromatic nitrogens is 1. The maximum Gasteiger partial charge on any atom is 0.312 e. The molecule has 6 nitrogen and oxygen atoms in total. The van der Waals surface area contributed by atoms with E-state index in [2.05, 4.69) is 9.98 Å². The van der Waals surface area contributed by atoms with E-state index >= 15 is 0 Å². The van der Waals surface area contributed by atoms with Gasteiger partial charge in [-0.1, -0.05) is 11.6 Å². The highest BCUT2D eigenvalue weighted by atomic mass is 35.5. The molecule has 0 saturated carbocycles. The average Bonchev–Trinajstić information content (AvgIpc) is 2.60. The van der Waals surface area contributed by atoms with Gasteiger partial charge >= 0.3 is 10.1 Å². The molecule has 1 N–H and O–H groups in total. The zero-order valence-corrected chi connectivity index (χ0v) is 12.2. The Hall–Kier alpha value is -1.18. The zero-order chi connectivity index (χ0) is 14.4. The van der Waals surface area contributed by atoms with E-state index in [1.54, 1.807) is 6.92 Å². The molecule has 2 rings (SSSR count). The van der Waals surface area contributed by atoms with Crippen molar-refractivity contribution in [2.75, 3.05) is 6.54 Å². The lowest BCUT2D eigenvalue weighted by molar-refractivity contribution is 0.131. The molecule has 0 spiro atoms. The van der Waals surface area contributed by atoms with Crippen LogP contribution in [-0.4, -0.2) is 36.0 Å². The third-order valence-corrected chi connectivity index (χ3v) is 3.75. The van der Waals surface area contributed by atoms with Crippen LogP contribution in [0.15, 0.2) is 16.1 Å². The van der Waals surface area contributed by atoms with Crippen molar-refractivity contribution in [1.29, 1.82) is 0 Å². The molecule has 104 valence electrons. The summed E-state index contributed by atoms with van der Waals surface area (Å²) in [7, 11) is -4.48. The number of hydrogen-bond donors (Lipinski definition) is 1. The number of nitrogens with zero attached hydrogens (tertiary/aromatic N) is 2. The molecule has 2 heterocycles. The van der Waals surface area contributed by atoms with Gasteiger partial charge in [0.25, 0.3) is 0 Å². The van der Waals surface area contributed by atoms with E-state index in [1.165, 1.54) is 6.07 Å². The summed E-state index contributed by atoms with van der Waals surface area (Å²) in [6.45, 7) is 5.57. The molecule has 0 amide bonds. The third kappa shape index (κ3) is 2.88. The van der Waals surface area contributed by atoms with Gasteiger partial charge in [0, 0.05) is 0 Å². The zero-order valence-electron chi connectivity index (χ0n) is 10.6. The molecule has 0 radical (unpaired) electrons. The molecular weight excluding hydrogens is 292 g/mol. The number of halogens is 1. The minimum atomic E-state index is -4.48. The second-order valence-corrected chi connectivity index (χ2v) is 6.61. The number of hydrogen-bond acceptors (Lipinski definition) is 5. The Bertz CT molecular complexity index is 668. The number of ether oxygens (including phenoxy) is 1. The standard InChI is InChI=1S/C11H13ClN2O4S/c1-6-8(12)4-7(10(14-6)19(15,16)17)9-13-5-11(2,3)18-9/h4H,5H2,1-3H3,(H,15,16,17). The van der Waals surface area contributed by atoms with E-state index in [-0.39, 0.29) is 16.5 Å². The SMILES string of the molecule is Cc1nc(S(=O)(=O)O)c(C2=NCC(C)(C)O2)cc1Cl. The Labute approximate surface area is 116 Å². The number of rotatable bonds is 2.